The van der Waals surface area contributed by atoms with Gasteiger partial charge in [-0.25, -0.2) is 4.99 Å². The van der Waals surface area contributed by atoms with Gasteiger partial charge in [-0.3, -0.25) is 0 Å². The largest absolute Gasteiger partial charge is 0.508 e. The van der Waals surface area contributed by atoms with E-state index in [1.54, 1.807) is 25.3 Å². The lowest BCUT2D eigenvalue weighted by molar-refractivity contribution is 0.129. The second kappa shape index (κ2) is 11.7. The van der Waals surface area contributed by atoms with Crippen LogP contribution in [0.15, 0.2) is 47.5 Å². The molecule has 2 rings (SSSR count). The molecule has 0 spiro atoms. The van der Waals surface area contributed by atoms with Crippen LogP contribution >= 0.6 is 24.0 Å². The van der Waals surface area contributed by atoms with Crippen LogP contribution in [0.25, 0.3) is 0 Å². The van der Waals surface area contributed by atoms with Crippen LogP contribution in [-0.2, 0) is 13.1 Å². The van der Waals surface area contributed by atoms with Crippen LogP contribution in [0.4, 0.5) is 0 Å². The van der Waals surface area contributed by atoms with Crippen molar-refractivity contribution in [1.29, 1.82) is 0 Å². The molecule has 160 valence electrons. The lowest BCUT2D eigenvalue weighted by atomic mass is 10.1. The van der Waals surface area contributed by atoms with Gasteiger partial charge in [-0.1, -0.05) is 18.2 Å². The van der Waals surface area contributed by atoms with Crippen LogP contribution < -0.4 is 20.1 Å². The lowest BCUT2D eigenvalue weighted by Gasteiger charge is -2.23. The van der Waals surface area contributed by atoms with Crippen LogP contribution in [0.3, 0.4) is 0 Å². The zero-order valence-electron chi connectivity index (χ0n) is 17.8. The number of phenolic OH excluding ortho intramolecular Hbond substituents is 1. The normalized spacial score (nSPS) is 11.4. The smallest absolute Gasteiger partial charge is 0.191 e. The van der Waals surface area contributed by atoms with Crippen molar-refractivity contribution in [3.63, 3.8) is 0 Å². The van der Waals surface area contributed by atoms with E-state index in [4.69, 9.17) is 9.47 Å². The Hall–Kier alpha value is -2.16. The first-order valence-corrected chi connectivity index (χ1v) is 9.47. The van der Waals surface area contributed by atoms with Crippen molar-refractivity contribution in [1.82, 2.24) is 10.6 Å². The molecule has 0 amide bonds. The Labute approximate surface area is 190 Å². The zero-order chi connectivity index (χ0) is 20.6. The molecule has 0 heterocycles. The standard InChI is InChI=1S/C22H31N3O3.HI/c1-6-23-21(25-15-17-13-18(27-5)11-12-19(17)26)24-14-16-9-7-8-10-20(16)28-22(2,3)4;/h7-13,26H,6,14-15H2,1-5H3,(H2,23,24,25);1H. The van der Waals surface area contributed by atoms with Gasteiger partial charge in [0.1, 0.15) is 22.8 Å². The number of nitrogens with one attached hydrogen (secondary N) is 2. The fourth-order valence-corrected chi connectivity index (χ4v) is 2.58. The number of ether oxygens (including phenoxy) is 2. The van der Waals surface area contributed by atoms with E-state index in [-0.39, 0.29) is 35.3 Å². The van der Waals surface area contributed by atoms with Crippen molar-refractivity contribution in [3.8, 4) is 17.2 Å². The minimum Gasteiger partial charge on any atom is -0.508 e. The second-order valence-corrected chi connectivity index (χ2v) is 7.37. The van der Waals surface area contributed by atoms with E-state index in [1.807, 2.05) is 52.0 Å². The monoisotopic (exact) mass is 513 g/mol. The highest BCUT2D eigenvalue weighted by atomic mass is 127. The highest BCUT2D eigenvalue weighted by Crippen LogP contribution is 2.24. The average molecular weight is 513 g/mol. The van der Waals surface area contributed by atoms with Gasteiger partial charge in [-0.15, -0.1) is 24.0 Å². The Morgan fingerprint density at radius 2 is 1.79 bits per heavy atom. The van der Waals surface area contributed by atoms with Crippen molar-refractivity contribution in [3.05, 3.63) is 53.6 Å². The van der Waals surface area contributed by atoms with E-state index in [0.29, 0.717) is 30.4 Å². The Balaban J connectivity index is 0.00000420. The summed E-state index contributed by atoms with van der Waals surface area (Å²) in [6.45, 7) is 9.74. The maximum atomic E-state index is 10.0. The Morgan fingerprint density at radius 3 is 2.45 bits per heavy atom. The van der Waals surface area contributed by atoms with Gasteiger partial charge in [0.25, 0.3) is 0 Å². The third-order valence-corrected chi connectivity index (χ3v) is 3.87. The van der Waals surface area contributed by atoms with Gasteiger partial charge in [0, 0.05) is 24.2 Å². The maximum Gasteiger partial charge on any atom is 0.191 e. The second-order valence-electron chi connectivity index (χ2n) is 7.37. The molecule has 0 bridgehead atoms. The highest BCUT2D eigenvalue weighted by molar-refractivity contribution is 14.0. The van der Waals surface area contributed by atoms with E-state index in [0.717, 1.165) is 17.9 Å². The summed E-state index contributed by atoms with van der Waals surface area (Å²) in [4.78, 5) is 4.58. The number of hydrogen-bond acceptors (Lipinski definition) is 4. The molecule has 0 atom stereocenters. The van der Waals surface area contributed by atoms with Crippen molar-refractivity contribution in [2.24, 2.45) is 4.99 Å². The van der Waals surface area contributed by atoms with Gasteiger partial charge in [0.15, 0.2) is 5.96 Å². The molecular weight excluding hydrogens is 481 g/mol. The molecule has 0 saturated heterocycles. The summed E-state index contributed by atoms with van der Waals surface area (Å²) < 4.78 is 11.3. The summed E-state index contributed by atoms with van der Waals surface area (Å²) >= 11 is 0. The molecule has 0 unspecified atom stereocenters. The zero-order valence-corrected chi connectivity index (χ0v) is 20.1. The summed E-state index contributed by atoms with van der Waals surface area (Å²) in [5.41, 5.74) is 1.48. The first-order valence-electron chi connectivity index (χ1n) is 9.47. The predicted octanol–water partition coefficient (Wildman–Crippen LogP) is 4.45. The number of aromatic hydroxyl groups is 1. The van der Waals surface area contributed by atoms with Crippen molar-refractivity contribution in [2.75, 3.05) is 13.7 Å². The molecule has 0 radical (unpaired) electrons. The molecule has 0 fully saturated rings. The van der Waals surface area contributed by atoms with E-state index in [2.05, 4.69) is 15.6 Å². The SMILES string of the molecule is CCNC(=NCc1cc(OC)ccc1O)NCc1ccccc1OC(C)(C)C.I. The third kappa shape index (κ3) is 8.39. The van der Waals surface area contributed by atoms with Gasteiger partial charge in [-0.2, -0.15) is 0 Å². The fourth-order valence-electron chi connectivity index (χ4n) is 2.58. The average Bonchev–Trinajstić information content (AvgIpc) is 2.65. The Kier molecular flexibility index (Phi) is 10.1. The minimum atomic E-state index is -0.265. The molecule has 3 N–H and O–H groups in total. The number of nitrogens with zero attached hydrogens (tertiary/aromatic N) is 1. The van der Waals surface area contributed by atoms with E-state index >= 15 is 0 Å². The van der Waals surface area contributed by atoms with Crippen LogP contribution in [0.5, 0.6) is 17.2 Å². The van der Waals surface area contributed by atoms with Crippen LogP contribution in [-0.4, -0.2) is 30.3 Å². The first-order chi connectivity index (χ1) is 13.3. The van der Waals surface area contributed by atoms with Gasteiger partial charge >= 0.3 is 0 Å². The van der Waals surface area contributed by atoms with Crippen LogP contribution in [0.2, 0.25) is 0 Å². The molecule has 0 aliphatic carbocycles. The number of methoxy groups -OCH3 is 1. The lowest BCUT2D eigenvalue weighted by Crippen LogP contribution is -2.37. The molecule has 0 aromatic heterocycles. The quantitative estimate of drug-likeness (QED) is 0.290. The first kappa shape index (κ1) is 24.9. The number of aliphatic imine (C=N–C) groups is 1. The van der Waals surface area contributed by atoms with Gasteiger partial charge < -0.3 is 25.2 Å². The number of benzene rings is 2. The molecule has 2 aromatic carbocycles. The minimum absolute atomic E-state index is 0. The van der Waals surface area contributed by atoms with Crippen LogP contribution in [0, 0.1) is 0 Å². The number of rotatable bonds is 7. The van der Waals surface area contributed by atoms with E-state index < -0.39 is 0 Å². The number of para-hydroxylation sites is 1. The number of phenols is 1. The molecule has 0 saturated carbocycles. The number of guanidine groups is 1. The van der Waals surface area contributed by atoms with Gasteiger partial charge in [0.05, 0.1) is 13.7 Å². The molecule has 29 heavy (non-hydrogen) atoms. The van der Waals surface area contributed by atoms with E-state index in [1.165, 1.54) is 0 Å². The van der Waals surface area contributed by atoms with Gasteiger partial charge in [0.2, 0.25) is 0 Å². The number of halogens is 1. The van der Waals surface area contributed by atoms with Crippen LogP contribution in [0.1, 0.15) is 38.8 Å². The Bertz CT molecular complexity index is 804. The number of hydrogen-bond donors (Lipinski definition) is 3. The highest BCUT2D eigenvalue weighted by Gasteiger charge is 2.14. The fraction of sp³-hybridized carbons (Fsp3) is 0.409. The summed E-state index contributed by atoms with van der Waals surface area (Å²) in [7, 11) is 1.60. The third-order valence-electron chi connectivity index (χ3n) is 3.87. The predicted molar refractivity (Wildman–Crippen MR) is 129 cm³/mol. The Morgan fingerprint density at radius 1 is 1.07 bits per heavy atom. The topological polar surface area (TPSA) is 75.1 Å². The summed E-state index contributed by atoms with van der Waals surface area (Å²) in [5, 5.41) is 16.6. The van der Waals surface area contributed by atoms with Crippen molar-refractivity contribution < 1.29 is 14.6 Å². The molecule has 6 nitrogen and oxygen atoms in total. The van der Waals surface area contributed by atoms with E-state index in [9.17, 15) is 5.11 Å². The molecular formula is C22H32IN3O3. The molecule has 2 aromatic rings. The summed E-state index contributed by atoms with van der Waals surface area (Å²) in [6, 6.07) is 13.1. The molecule has 0 aliphatic rings. The van der Waals surface area contributed by atoms with Crippen molar-refractivity contribution in [2.45, 2.75) is 46.4 Å². The maximum absolute atomic E-state index is 10.0. The summed E-state index contributed by atoms with van der Waals surface area (Å²) in [6.07, 6.45) is 0. The van der Waals surface area contributed by atoms with Crippen molar-refractivity contribution >= 4 is 29.9 Å². The van der Waals surface area contributed by atoms with Gasteiger partial charge in [-0.05, 0) is 52.0 Å². The molecule has 0 aliphatic heterocycles. The molecule has 7 heteroatoms. The summed E-state index contributed by atoms with van der Waals surface area (Å²) in [5.74, 6) is 2.40.